The van der Waals surface area contributed by atoms with Gasteiger partial charge >= 0.3 is 0 Å². The smallest absolute Gasteiger partial charge is 0.253 e. The normalized spacial score (nSPS) is 20.0. The fourth-order valence-corrected chi connectivity index (χ4v) is 5.68. The first-order valence-corrected chi connectivity index (χ1v) is 12.9. The van der Waals surface area contributed by atoms with Crippen LogP contribution in [0.4, 0.5) is 11.4 Å². The Bertz CT molecular complexity index is 1180. The highest BCUT2D eigenvalue weighted by Gasteiger charge is 2.39. The largest absolute Gasteiger partial charge is 0.377 e. The first-order valence-electron chi connectivity index (χ1n) is 12.9. The second-order valence-electron chi connectivity index (χ2n) is 9.50. The third-order valence-electron chi connectivity index (χ3n) is 7.56. The quantitative estimate of drug-likeness (QED) is 0.382. The Morgan fingerprint density at radius 1 is 0.971 bits per heavy atom. The van der Waals surface area contributed by atoms with Crippen LogP contribution in [0.1, 0.15) is 59.3 Å². The van der Waals surface area contributed by atoms with Gasteiger partial charge in [-0.1, -0.05) is 66.7 Å². The molecule has 180 valence electrons. The third kappa shape index (κ3) is 4.70. The van der Waals surface area contributed by atoms with Crippen molar-refractivity contribution in [1.29, 1.82) is 0 Å². The number of rotatable bonds is 8. The van der Waals surface area contributed by atoms with E-state index in [0.717, 1.165) is 37.2 Å². The third-order valence-corrected chi connectivity index (χ3v) is 7.56. The number of amides is 1. The van der Waals surface area contributed by atoms with Crippen molar-refractivity contribution in [3.8, 4) is 0 Å². The number of para-hydroxylation sites is 1. The maximum atomic E-state index is 13.3. The molecule has 3 atom stereocenters. The number of benzene rings is 3. The lowest BCUT2D eigenvalue weighted by Gasteiger charge is -2.38. The Morgan fingerprint density at radius 2 is 1.74 bits per heavy atom. The van der Waals surface area contributed by atoms with E-state index in [1.807, 2.05) is 30.3 Å². The lowest BCUT2D eigenvalue weighted by Crippen LogP contribution is -2.32. The molecule has 0 spiro atoms. The van der Waals surface area contributed by atoms with E-state index in [2.05, 4.69) is 84.0 Å². The summed E-state index contributed by atoms with van der Waals surface area (Å²) >= 11 is 0. The molecule has 0 saturated heterocycles. The van der Waals surface area contributed by atoms with Crippen LogP contribution in [-0.4, -0.2) is 25.5 Å². The van der Waals surface area contributed by atoms with Gasteiger partial charge in [0.2, 0.25) is 0 Å². The molecule has 4 heteroatoms. The highest BCUT2D eigenvalue weighted by atomic mass is 16.1. The molecule has 3 aromatic carbocycles. The van der Waals surface area contributed by atoms with Crippen molar-refractivity contribution < 1.29 is 4.79 Å². The van der Waals surface area contributed by atoms with Crippen LogP contribution < -0.4 is 15.5 Å². The van der Waals surface area contributed by atoms with E-state index >= 15 is 0 Å². The van der Waals surface area contributed by atoms with Gasteiger partial charge in [-0.25, -0.2) is 0 Å². The number of carbonyl (C=O) groups is 1. The molecule has 5 rings (SSSR count). The zero-order valence-electron chi connectivity index (χ0n) is 20.7. The molecule has 2 N–H and O–H groups in total. The number of fused-ring (bicyclic) bond motifs is 3. The SMILES string of the molecule is CCN(CC)c1ccc(C2Nc3c(C(=O)NCCc4ccccc4)cccc3C3C=CCC32)cc1. The molecule has 4 nitrogen and oxygen atoms in total. The Kier molecular flexibility index (Phi) is 6.89. The highest BCUT2D eigenvalue weighted by Crippen LogP contribution is 2.50. The van der Waals surface area contributed by atoms with Gasteiger partial charge in [-0.3, -0.25) is 4.79 Å². The summed E-state index contributed by atoms with van der Waals surface area (Å²) in [4.78, 5) is 15.6. The summed E-state index contributed by atoms with van der Waals surface area (Å²) in [5.41, 5.74) is 6.72. The number of hydrogen-bond donors (Lipinski definition) is 2. The lowest BCUT2D eigenvalue weighted by atomic mass is 9.76. The minimum Gasteiger partial charge on any atom is -0.377 e. The minimum atomic E-state index is -0.0126. The molecule has 35 heavy (non-hydrogen) atoms. The number of nitrogens with zero attached hydrogens (tertiary/aromatic N) is 1. The summed E-state index contributed by atoms with van der Waals surface area (Å²) in [7, 11) is 0. The summed E-state index contributed by atoms with van der Waals surface area (Å²) in [5.74, 6) is 0.773. The molecule has 3 unspecified atom stereocenters. The number of allylic oxidation sites excluding steroid dienone is 2. The maximum absolute atomic E-state index is 13.3. The molecule has 0 fully saturated rings. The monoisotopic (exact) mass is 465 g/mol. The van der Waals surface area contributed by atoms with Gasteiger partial charge in [0.15, 0.2) is 0 Å². The van der Waals surface area contributed by atoms with Crippen LogP contribution in [0.25, 0.3) is 0 Å². The van der Waals surface area contributed by atoms with Crippen molar-refractivity contribution in [2.75, 3.05) is 29.9 Å². The van der Waals surface area contributed by atoms with Gasteiger partial charge in [-0.2, -0.15) is 0 Å². The summed E-state index contributed by atoms with van der Waals surface area (Å²) < 4.78 is 0. The van der Waals surface area contributed by atoms with Crippen molar-refractivity contribution >= 4 is 17.3 Å². The standard InChI is InChI=1S/C31H35N3O/c1-3-34(4-2)24-18-16-23(17-19-24)29-26-13-8-12-25(26)27-14-9-15-28(30(27)33-29)31(35)32-21-20-22-10-6-5-7-11-22/h5-12,14-19,25-26,29,33H,3-4,13,20-21H2,1-2H3,(H,32,35). The number of hydrogen-bond acceptors (Lipinski definition) is 3. The summed E-state index contributed by atoms with van der Waals surface area (Å²) in [5, 5.41) is 6.95. The van der Waals surface area contributed by atoms with Gasteiger partial charge in [-0.05, 0) is 67.5 Å². The van der Waals surface area contributed by atoms with E-state index < -0.39 is 0 Å². The van der Waals surface area contributed by atoms with Crippen LogP contribution in [0.3, 0.4) is 0 Å². The Hall–Kier alpha value is -3.53. The van der Waals surface area contributed by atoms with Crippen molar-refractivity contribution in [3.05, 3.63) is 107 Å². The van der Waals surface area contributed by atoms with Crippen LogP contribution in [0.2, 0.25) is 0 Å². The fraction of sp³-hybridized carbons (Fsp3) is 0.323. The molecule has 3 aromatic rings. The summed E-state index contributed by atoms with van der Waals surface area (Å²) in [6, 6.07) is 25.6. The topological polar surface area (TPSA) is 44.4 Å². The second kappa shape index (κ2) is 10.4. The molecule has 0 radical (unpaired) electrons. The Balaban J connectivity index is 1.38. The van der Waals surface area contributed by atoms with Crippen molar-refractivity contribution in [3.63, 3.8) is 0 Å². The second-order valence-corrected chi connectivity index (χ2v) is 9.50. The summed E-state index contributed by atoms with van der Waals surface area (Å²) in [6.07, 6.45) is 6.51. The van der Waals surface area contributed by atoms with Crippen molar-refractivity contribution in [2.45, 2.75) is 38.6 Å². The average Bonchev–Trinajstić information content (AvgIpc) is 3.40. The number of anilines is 2. The van der Waals surface area contributed by atoms with Gasteiger partial charge in [0.05, 0.1) is 17.3 Å². The number of carbonyl (C=O) groups excluding carboxylic acids is 1. The lowest BCUT2D eigenvalue weighted by molar-refractivity contribution is 0.0954. The molecule has 1 heterocycles. The van der Waals surface area contributed by atoms with Crippen LogP contribution in [-0.2, 0) is 6.42 Å². The van der Waals surface area contributed by atoms with E-state index in [-0.39, 0.29) is 11.9 Å². The van der Waals surface area contributed by atoms with Crippen LogP contribution >= 0.6 is 0 Å². The van der Waals surface area contributed by atoms with E-state index in [1.165, 1.54) is 22.4 Å². The van der Waals surface area contributed by atoms with Crippen molar-refractivity contribution in [1.82, 2.24) is 5.32 Å². The zero-order valence-corrected chi connectivity index (χ0v) is 20.7. The first kappa shape index (κ1) is 23.2. The van der Waals surface area contributed by atoms with Crippen LogP contribution in [0, 0.1) is 5.92 Å². The van der Waals surface area contributed by atoms with Gasteiger partial charge < -0.3 is 15.5 Å². The molecular weight excluding hydrogens is 430 g/mol. The van der Waals surface area contributed by atoms with Crippen LogP contribution in [0.5, 0.6) is 0 Å². The zero-order chi connectivity index (χ0) is 24.2. The fourth-order valence-electron chi connectivity index (χ4n) is 5.68. The summed E-state index contributed by atoms with van der Waals surface area (Å²) in [6.45, 7) is 7.01. The average molecular weight is 466 g/mol. The molecule has 1 aliphatic heterocycles. The van der Waals surface area contributed by atoms with Crippen LogP contribution in [0.15, 0.2) is 84.9 Å². The minimum absolute atomic E-state index is 0.0126. The first-order chi connectivity index (χ1) is 17.2. The van der Waals surface area contributed by atoms with Gasteiger partial charge in [0, 0.05) is 31.2 Å². The Morgan fingerprint density at radius 3 is 2.49 bits per heavy atom. The molecule has 0 bridgehead atoms. The molecule has 0 aromatic heterocycles. The molecule has 0 saturated carbocycles. The predicted molar refractivity (Wildman–Crippen MR) is 145 cm³/mol. The number of nitrogens with one attached hydrogen (secondary N) is 2. The van der Waals surface area contributed by atoms with E-state index in [0.29, 0.717) is 18.4 Å². The van der Waals surface area contributed by atoms with Gasteiger partial charge in [-0.15, -0.1) is 0 Å². The molecule has 2 aliphatic rings. The highest BCUT2D eigenvalue weighted by molar-refractivity contribution is 6.00. The van der Waals surface area contributed by atoms with Crippen molar-refractivity contribution in [2.24, 2.45) is 5.92 Å². The van der Waals surface area contributed by atoms with E-state index in [9.17, 15) is 4.79 Å². The molecule has 1 amide bonds. The van der Waals surface area contributed by atoms with E-state index in [4.69, 9.17) is 0 Å². The molecule has 1 aliphatic carbocycles. The van der Waals surface area contributed by atoms with E-state index in [1.54, 1.807) is 0 Å². The predicted octanol–water partition coefficient (Wildman–Crippen LogP) is 6.33. The van der Waals surface area contributed by atoms with Gasteiger partial charge in [0.1, 0.15) is 0 Å². The van der Waals surface area contributed by atoms with Gasteiger partial charge in [0.25, 0.3) is 5.91 Å². The maximum Gasteiger partial charge on any atom is 0.253 e. The Labute approximate surface area is 209 Å². The molecular formula is C31H35N3O.